The third-order valence-corrected chi connectivity index (χ3v) is 1.80. The van der Waals surface area contributed by atoms with E-state index in [1.807, 2.05) is 18.2 Å². The van der Waals surface area contributed by atoms with Crippen LogP contribution in [0.25, 0.3) is 0 Å². The molecule has 0 heterocycles. The summed E-state index contributed by atoms with van der Waals surface area (Å²) in [6.45, 7) is 0. The molecule has 0 atom stereocenters. The maximum atomic E-state index is 3.41. The summed E-state index contributed by atoms with van der Waals surface area (Å²) >= 11 is 6.82. The smallest absolute Gasteiger partial charge is 0.0738 e. The molecule has 0 saturated heterocycles. The average Bonchev–Trinajstić information content (AvgIpc) is 1.88. The van der Waals surface area contributed by atoms with Gasteiger partial charge >= 0.3 is 0 Å². The molecular weight excluding hydrogens is 256 g/mol. The van der Waals surface area contributed by atoms with E-state index in [4.69, 9.17) is 0 Å². The number of halogens is 2. The summed E-state index contributed by atoms with van der Waals surface area (Å²) in [6.07, 6.45) is 0.973. The van der Waals surface area contributed by atoms with E-state index in [1.165, 1.54) is 5.56 Å². The molecular formula is C8H7Br2. The SMILES string of the molecule is BrC(Br)Cc1[c]cccc1. The molecule has 0 aromatic heterocycles. The lowest BCUT2D eigenvalue weighted by Crippen LogP contribution is -1.91. The van der Waals surface area contributed by atoms with Crippen LogP contribution < -0.4 is 0 Å². The van der Waals surface area contributed by atoms with Gasteiger partial charge in [0.1, 0.15) is 0 Å². The minimum Gasteiger partial charge on any atom is -0.0761 e. The van der Waals surface area contributed by atoms with E-state index in [2.05, 4.69) is 44.0 Å². The van der Waals surface area contributed by atoms with Crippen LogP contribution in [0.2, 0.25) is 0 Å². The van der Waals surface area contributed by atoms with Crippen molar-refractivity contribution in [2.24, 2.45) is 0 Å². The summed E-state index contributed by atoms with van der Waals surface area (Å²) in [4.78, 5) is 0. The fourth-order valence-corrected chi connectivity index (χ4v) is 1.42. The molecule has 53 valence electrons. The van der Waals surface area contributed by atoms with E-state index < -0.39 is 0 Å². The third-order valence-electron chi connectivity index (χ3n) is 1.15. The summed E-state index contributed by atoms with van der Waals surface area (Å²) in [5.41, 5.74) is 1.22. The molecule has 0 nitrogen and oxygen atoms in total. The number of alkyl halides is 2. The van der Waals surface area contributed by atoms with Gasteiger partial charge < -0.3 is 0 Å². The quantitative estimate of drug-likeness (QED) is 0.719. The lowest BCUT2D eigenvalue weighted by atomic mass is 10.2. The molecule has 1 radical (unpaired) electrons. The lowest BCUT2D eigenvalue weighted by molar-refractivity contribution is 1.13. The Morgan fingerprint density at radius 3 is 2.70 bits per heavy atom. The first-order valence-electron chi connectivity index (χ1n) is 3.03. The van der Waals surface area contributed by atoms with Gasteiger partial charge in [0, 0.05) is 0 Å². The second-order valence-electron chi connectivity index (χ2n) is 1.98. The zero-order valence-corrected chi connectivity index (χ0v) is 8.52. The molecule has 10 heavy (non-hydrogen) atoms. The fraction of sp³-hybridized carbons (Fsp3) is 0.250. The van der Waals surface area contributed by atoms with Crippen molar-refractivity contribution in [2.75, 3.05) is 0 Å². The van der Waals surface area contributed by atoms with E-state index in [0.717, 1.165) is 6.42 Å². The highest BCUT2D eigenvalue weighted by atomic mass is 79.9. The molecule has 0 spiro atoms. The summed E-state index contributed by atoms with van der Waals surface area (Å²) in [5.74, 6) is 0. The zero-order valence-electron chi connectivity index (χ0n) is 5.35. The van der Waals surface area contributed by atoms with Gasteiger partial charge in [0.05, 0.1) is 3.74 Å². The van der Waals surface area contributed by atoms with E-state index in [1.54, 1.807) is 0 Å². The van der Waals surface area contributed by atoms with Crippen molar-refractivity contribution in [1.29, 1.82) is 0 Å². The Balaban J connectivity index is 2.59. The van der Waals surface area contributed by atoms with Crippen LogP contribution in [0, 0.1) is 6.07 Å². The standard InChI is InChI=1S/C8H7Br2/c9-8(10)6-7-4-2-1-3-5-7/h1-4,8H,6H2. The predicted molar refractivity (Wildman–Crippen MR) is 50.6 cm³/mol. The molecule has 2 heteroatoms. The van der Waals surface area contributed by atoms with Gasteiger partial charge in [0.2, 0.25) is 0 Å². The maximum Gasteiger partial charge on any atom is 0.0738 e. The van der Waals surface area contributed by atoms with Gasteiger partial charge in [-0.3, -0.25) is 0 Å². The van der Waals surface area contributed by atoms with E-state index in [9.17, 15) is 0 Å². The highest BCUT2D eigenvalue weighted by molar-refractivity contribution is 9.24. The highest BCUT2D eigenvalue weighted by Crippen LogP contribution is 2.14. The van der Waals surface area contributed by atoms with Crippen molar-refractivity contribution >= 4 is 31.9 Å². The molecule has 0 amide bonds. The van der Waals surface area contributed by atoms with Crippen LogP contribution in [-0.2, 0) is 6.42 Å². The molecule has 1 rings (SSSR count). The molecule has 0 saturated carbocycles. The summed E-state index contributed by atoms with van der Waals surface area (Å²) < 4.78 is 0.360. The molecule has 0 fully saturated rings. The molecule has 1 aromatic carbocycles. The van der Waals surface area contributed by atoms with Crippen LogP contribution >= 0.6 is 31.9 Å². The van der Waals surface area contributed by atoms with Gasteiger partial charge in [-0.25, -0.2) is 0 Å². The second-order valence-corrected chi connectivity index (χ2v) is 5.42. The van der Waals surface area contributed by atoms with Crippen LogP contribution in [0.15, 0.2) is 24.3 Å². The van der Waals surface area contributed by atoms with Crippen molar-refractivity contribution < 1.29 is 0 Å². The molecule has 0 aliphatic rings. The van der Waals surface area contributed by atoms with Crippen molar-refractivity contribution in [3.05, 3.63) is 35.9 Å². The molecule has 0 aliphatic carbocycles. The van der Waals surface area contributed by atoms with Crippen molar-refractivity contribution in [3.63, 3.8) is 0 Å². The van der Waals surface area contributed by atoms with Gasteiger partial charge in [-0.15, -0.1) is 0 Å². The Bertz CT molecular complexity index is 182. The summed E-state index contributed by atoms with van der Waals surface area (Å²) in [6, 6.07) is 11.1. The Labute approximate surface area is 77.9 Å². The Morgan fingerprint density at radius 1 is 1.40 bits per heavy atom. The number of benzene rings is 1. The monoisotopic (exact) mass is 261 g/mol. The highest BCUT2D eigenvalue weighted by Gasteiger charge is 1.97. The van der Waals surface area contributed by atoms with E-state index in [0.29, 0.717) is 3.74 Å². The van der Waals surface area contributed by atoms with Gasteiger partial charge in [0.15, 0.2) is 0 Å². The van der Waals surface area contributed by atoms with Crippen molar-refractivity contribution in [3.8, 4) is 0 Å². The van der Waals surface area contributed by atoms with Crippen LogP contribution in [-0.4, -0.2) is 3.74 Å². The van der Waals surface area contributed by atoms with E-state index >= 15 is 0 Å². The molecule has 0 N–H and O–H groups in total. The molecule has 0 aliphatic heterocycles. The van der Waals surface area contributed by atoms with Gasteiger partial charge in [-0.1, -0.05) is 56.1 Å². The largest absolute Gasteiger partial charge is 0.0761 e. The first-order valence-corrected chi connectivity index (χ1v) is 4.86. The first-order chi connectivity index (χ1) is 4.79. The molecule has 0 unspecified atom stereocenters. The zero-order chi connectivity index (χ0) is 7.40. The number of rotatable bonds is 2. The topological polar surface area (TPSA) is 0 Å². The van der Waals surface area contributed by atoms with Crippen LogP contribution in [0.4, 0.5) is 0 Å². The van der Waals surface area contributed by atoms with Crippen molar-refractivity contribution in [1.82, 2.24) is 0 Å². The van der Waals surface area contributed by atoms with Gasteiger partial charge in [-0.05, 0) is 18.1 Å². The van der Waals surface area contributed by atoms with Crippen LogP contribution in [0.1, 0.15) is 5.56 Å². The minimum absolute atomic E-state index is 0.360. The summed E-state index contributed by atoms with van der Waals surface area (Å²) in [5, 5.41) is 0. The Kier molecular flexibility index (Phi) is 3.43. The second kappa shape index (κ2) is 4.14. The fourth-order valence-electron chi connectivity index (χ4n) is 0.724. The third kappa shape index (κ3) is 2.84. The maximum absolute atomic E-state index is 3.41. The van der Waals surface area contributed by atoms with Crippen LogP contribution in [0.5, 0.6) is 0 Å². The van der Waals surface area contributed by atoms with E-state index in [-0.39, 0.29) is 0 Å². The first kappa shape index (κ1) is 8.28. The normalized spacial score (nSPS) is 10.3. The van der Waals surface area contributed by atoms with Gasteiger partial charge in [-0.2, -0.15) is 0 Å². The van der Waals surface area contributed by atoms with Gasteiger partial charge in [0.25, 0.3) is 0 Å². The number of hydrogen-bond acceptors (Lipinski definition) is 0. The minimum atomic E-state index is 0.360. The molecule has 0 bridgehead atoms. The summed E-state index contributed by atoms with van der Waals surface area (Å²) in [7, 11) is 0. The van der Waals surface area contributed by atoms with Crippen LogP contribution in [0.3, 0.4) is 0 Å². The Morgan fingerprint density at radius 2 is 2.20 bits per heavy atom. The Hall–Kier alpha value is 0.180. The number of hydrogen-bond donors (Lipinski definition) is 0. The molecule has 1 aromatic rings. The lowest BCUT2D eigenvalue weighted by Gasteiger charge is -1.99. The van der Waals surface area contributed by atoms with Crippen molar-refractivity contribution in [2.45, 2.75) is 10.2 Å². The average molecular weight is 263 g/mol. The predicted octanol–water partition coefficient (Wildman–Crippen LogP) is 3.15.